The van der Waals surface area contributed by atoms with Gasteiger partial charge < -0.3 is 10.5 Å². The fourth-order valence-corrected chi connectivity index (χ4v) is 1.42. The normalized spacial score (nSPS) is 11.4. The molecule has 2 N–H and O–H groups in total. The van der Waals surface area contributed by atoms with Gasteiger partial charge in [-0.25, -0.2) is 0 Å². The number of hydrogen-bond acceptors (Lipinski definition) is 3. The number of ether oxygens (including phenoxy) is 1. The average Bonchev–Trinajstić information content (AvgIpc) is 2.08. The quantitative estimate of drug-likeness (QED) is 0.627. The molecule has 0 aliphatic rings. The molecule has 0 amide bonds. The highest BCUT2D eigenvalue weighted by molar-refractivity contribution is 5.85. The Bertz CT molecular complexity index is 352. The molecule has 0 aromatic heterocycles. The van der Waals surface area contributed by atoms with Crippen molar-refractivity contribution in [3.8, 4) is 0 Å². The van der Waals surface area contributed by atoms with Crippen LogP contribution in [-0.4, -0.2) is 5.97 Å². The van der Waals surface area contributed by atoms with Gasteiger partial charge >= 0.3 is 5.97 Å². The molecule has 15 heavy (non-hydrogen) atoms. The Kier molecular flexibility index (Phi) is 5.15. The molecule has 1 aromatic rings. The molecule has 3 nitrogen and oxygen atoms in total. The van der Waals surface area contributed by atoms with Crippen LogP contribution in [0.15, 0.2) is 18.2 Å². The predicted molar refractivity (Wildman–Crippen MR) is 63.0 cm³/mol. The molecule has 0 aliphatic heterocycles. The summed E-state index contributed by atoms with van der Waals surface area (Å²) < 4.78 is 5.08. The number of hydrogen-bond donors (Lipinski definition) is 1. The molecule has 0 saturated heterocycles. The first-order valence-corrected chi connectivity index (χ1v) is 4.54. The minimum Gasteiger partial charge on any atom is -0.458 e. The number of benzene rings is 1. The van der Waals surface area contributed by atoms with Crippen molar-refractivity contribution in [2.75, 3.05) is 5.73 Å². The molecular formula is C11H16ClNO2. The SMILES string of the molecule is CC(=O)OC(C)c1cccc(N)c1C.Cl. The molecule has 0 bridgehead atoms. The summed E-state index contributed by atoms with van der Waals surface area (Å²) >= 11 is 0. The lowest BCUT2D eigenvalue weighted by Crippen LogP contribution is -2.07. The zero-order chi connectivity index (χ0) is 10.7. The first-order valence-electron chi connectivity index (χ1n) is 4.54. The van der Waals surface area contributed by atoms with Gasteiger partial charge in [0.1, 0.15) is 6.10 Å². The summed E-state index contributed by atoms with van der Waals surface area (Å²) in [6.07, 6.45) is -0.240. The average molecular weight is 230 g/mol. The van der Waals surface area contributed by atoms with Crippen molar-refractivity contribution < 1.29 is 9.53 Å². The van der Waals surface area contributed by atoms with E-state index in [2.05, 4.69) is 0 Å². The Labute approximate surface area is 96.0 Å². The predicted octanol–water partition coefficient (Wildman–Crippen LogP) is 2.62. The van der Waals surface area contributed by atoms with Crippen molar-refractivity contribution in [1.29, 1.82) is 0 Å². The summed E-state index contributed by atoms with van der Waals surface area (Å²) in [5, 5.41) is 0. The Balaban J connectivity index is 0.00000196. The molecule has 0 saturated carbocycles. The van der Waals surface area contributed by atoms with Crippen molar-refractivity contribution in [2.24, 2.45) is 0 Å². The second-order valence-electron chi connectivity index (χ2n) is 3.31. The molecule has 0 aliphatic carbocycles. The lowest BCUT2D eigenvalue weighted by Gasteiger charge is -2.15. The van der Waals surface area contributed by atoms with Crippen LogP contribution in [0.1, 0.15) is 31.1 Å². The van der Waals surface area contributed by atoms with E-state index in [1.807, 2.05) is 32.0 Å². The van der Waals surface area contributed by atoms with Crippen LogP contribution in [0.4, 0.5) is 5.69 Å². The molecular weight excluding hydrogens is 214 g/mol. The Morgan fingerprint density at radius 1 is 1.47 bits per heavy atom. The molecule has 0 fully saturated rings. The first kappa shape index (κ1) is 13.8. The minimum atomic E-state index is -0.278. The van der Waals surface area contributed by atoms with Gasteiger partial charge in [0.25, 0.3) is 0 Å². The summed E-state index contributed by atoms with van der Waals surface area (Å²) in [5.41, 5.74) is 8.40. The molecule has 0 spiro atoms. The van der Waals surface area contributed by atoms with Gasteiger partial charge in [0.05, 0.1) is 0 Å². The molecule has 84 valence electrons. The van der Waals surface area contributed by atoms with Gasteiger partial charge in [-0.1, -0.05) is 12.1 Å². The topological polar surface area (TPSA) is 52.3 Å². The van der Waals surface area contributed by atoms with E-state index in [9.17, 15) is 4.79 Å². The van der Waals surface area contributed by atoms with Gasteiger partial charge in [-0.3, -0.25) is 4.79 Å². The Hall–Kier alpha value is -1.22. The molecule has 0 radical (unpaired) electrons. The smallest absolute Gasteiger partial charge is 0.303 e. The molecule has 1 rings (SSSR count). The molecule has 1 atom stereocenters. The zero-order valence-electron chi connectivity index (χ0n) is 9.11. The number of esters is 1. The monoisotopic (exact) mass is 229 g/mol. The number of nitrogen functional groups attached to an aromatic ring is 1. The van der Waals surface area contributed by atoms with Crippen LogP contribution in [-0.2, 0) is 9.53 Å². The number of nitrogens with two attached hydrogens (primary N) is 1. The first-order chi connectivity index (χ1) is 6.52. The summed E-state index contributed by atoms with van der Waals surface area (Å²) in [6, 6.07) is 5.61. The summed E-state index contributed by atoms with van der Waals surface area (Å²) in [5.74, 6) is -0.278. The van der Waals surface area contributed by atoms with Gasteiger partial charge in [0, 0.05) is 12.6 Å². The van der Waals surface area contributed by atoms with E-state index < -0.39 is 0 Å². The van der Waals surface area contributed by atoms with Crippen LogP contribution < -0.4 is 5.73 Å². The van der Waals surface area contributed by atoms with Gasteiger partial charge in [-0.15, -0.1) is 12.4 Å². The van der Waals surface area contributed by atoms with Crippen molar-refractivity contribution in [2.45, 2.75) is 26.9 Å². The number of halogens is 1. The van der Waals surface area contributed by atoms with Gasteiger partial charge in [0.2, 0.25) is 0 Å². The summed E-state index contributed by atoms with van der Waals surface area (Å²) in [7, 11) is 0. The van der Waals surface area contributed by atoms with E-state index in [-0.39, 0.29) is 24.5 Å². The molecule has 0 heterocycles. The third kappa shape index (κ3) is 3.44. The summed E-state index contributed by atoms with van der Waals surface area (Å²) in [6.45, 7) is 5.16. The van der Waals surface area contributed by atoms with Crippen molar-refractivity contribution in [1.82, 2.24) is 0 Å². The second kappa shape index (κ2) is 5.61. The van der Waals surface area contributed by atoms with Crippen molar-refractivity contribution >= 4 is 24.1 Å². The lowest BCUT2D eigenvalue weighted by molar-refractivity contribution is -0.145. The van der Waals surface area contributed by atoms with Crippen LogP contribution in [0.25, 0.3) is 0 Å². The zero-order valence-corrected chi connectivity index (χ0v) is 9.93. The third-order valence-corrected chi connectivity index (χ3v) is 2.20. The highest BCUT2D eigenvalue weighted by Gasteiger charge is 2.11. The van der Waals surface area contributed by atoms with Crippen LogP contribution in [0, 0.1) is 6.92 Å². The Morgan fingerprint density at radius 3 is 2.60 bits per heavy atom. The molecule has 4 heteroatoms. The van der Waals surface area contributed by atoms with Crippen molar-refractivity contribution in [3.63, 3.8) is 0 Å². The van der Waals surface area contributed by atoms with Gasteiger partial charge in [0.15, 0.2) is 0 Å². The van der Waals surface area contributed by atoms with E-state index >= 15 is 0 Å². The van der Waals surface area contributed by atoms with Crippen LogP contribution in [0.2, 0.25) is 0 Å². The van der Waals surface area contributed by atoms with E-state index in [1.165, 1.54) is 6.92 Å². The van der Waals surface area contributed by atoms with Crippen molar-refractivity contribution in [3.05, 3.63) is 29.3 Å². The number of carbonyl (C=O) groups excluding carboxylic acids is 1. The van der Waals surface area contributed by atoms with E-state index in [0.717, 1.165) is 16.8 Å². The standard InChI is InChI=1S/C11H15NO2.ClH/c1-7-10(5-4-6-11(7)12)8(2)14-9(3)13;/h4-6,8H,12H2,1-3H3;1H. The highest BCUT2D eigenvalue weighted by atomic mass is 35.5. The maximum atomic E-state index is 10.8. The maximum Gasteiger partial charge on any atom is 0.303 e. The number of carbonyl (C=O) groups is 1. The van der Waals surface area contributed by atoms with Gasteiger partial charge in [-0.05, 0) is 31.0 Å². The molecule has 1 aromatic carbocycles. The van der Waals surface area contributed by atoms with E-state index in [0.29, 0.717) is 0 Å². The van der Waals surface area contributed by atoms with E-state index in [4.69, 9.17) is 10.5 Å². The maximum absolute atomic E-state index is 10.8. The Morgan fingerprint density at radius 2 is 2.07 bits per heavy atom. The largest absolute Gasteiger partial charge is 0.458 e. The molecule has 1 unspecified atom stereocenters. The van der Waals surface area contributed by atoms with E-state index in [1.54, 1.807) is 0 Å². The minimum absolute atomic E-state index is 0. The second-order valence-corrected chi connectivity index (χ2v) is 3.31. The number of anilines is 1. The number of rotatable bonds is 2. The fourth-order valence-electron chi connectivity index (χ4n) is 1.42. The van der Waals surface area contributed by atoms with Crippen LogP contribution in [0.5, 0.6) is 0 Å². The third-order valence-electron chi connectivity index (χ3n) is 2.20. The summed E-state index contributed by atoms with van der Waals surface area (Å²) in [4.78, 5) is 10.8. The fraction of sp³-hybridized carbons (Fsp3) is 0.364. The van der Waals surface area contributed by atoms with Crippen LogP contribution in [0.3, 0.4) is 0 Å². The van der Waals surface area contributed by atoms with Gasteiger partial charge in [-0.2, -0.15) is 0 Å². The highest BCUT2D eigenvalue weighted by Crippen LogP contribution is 2.24. The van der Waals surface area contributed by atoms with Crippen LogP contribution >= 0.6 is 12.4 Å². The lowest BCUT2D eigenvalue weighted by atomic mass is 10.0.